The normalized spacial score (nSPS) is 12.9. The summed E-state index contributed by atoms with van der Waals surface area (Å²) in [6, 6.07) is 5.50. The van der Waals surface area contributed by atoms with Gasteiger partial charge in [0.15, 0.2) is 0 Å². The molecule has 1 N–H and O–H groups in total. The van der Waals surface area contributed by atoms with Crippen LogP contribution in [0.15, 0.2) is 18.2 Å². The summed E-state index contributed by atoms with van der Waals surface area (Å²) in [5.41, 5.74) is 1.09. The third kappa shape index (κ3) is 3.49. The van der Waals surface area contributed by atoms with Crippen molar-refractivity contribution in [2.75, 3.05) is 6.61 Å². The van der Waals surface area contributed by atoms with Crippen LogP contribution in [0.1, 0.15) is 18.9 Å². The first kappa shape index (κ1) is 11.8. The molecule has 0 aliphatic heterocycles. The fourth-order valence-electron chi connectivity index (χ4n) is 1.40. The molecule has 1 aromatic rings. The third-order valence-corrected chi connectivity index (χ3v) is 2.72. The van der Waals surface area contributed by atoms with E-state index in [0.29, 0.717) is 16.0 Å². The van der Waals surface area contributed by atoms with Crippen molar-refractivity contribution in [2.24, 2.45) is 5.92 Å². The van der Waals surface area contributed by atoms with Crippen LogP contribution < -0.4 is 0 Å². The number of halogens is 2. The van der Waals surface area contributed by atoms with Gasteiger partial charge in [0, 0.05) is 16.7 Å². The number of rotatable bonds is 4. The van der Waals surface area contributed by atoms with E-state index in [9.17, 15) is 0 Å². The minimum absolute atomic E-state index is 0.209. The van der Waals surface area contributed by atoms with Gasteiger partial charge >= 0.3 is 0 Å². The smallest absolute Gasteiger partial charge is 0.0462 e. The van der Waals surface area contributed by atoms with Crippen LogP contribution in [-0.2, 0) is 6.42 Å². The minimum atomic E-state index is 0.209. The zero-order valence-electron chi connectivity index (χ0n) is 8.13. The molecule has 1 nitrogen and oxygen atoms in total. The first-order valence-corrected chi connectivity index (χ1v) is 5.47. The van der Waals surface area contributed by atoms with Crippen LogP contribution >= 0.6 is 23.2 Å². The number of hydrogen-bond acceptors (Lipinski definition) is 1. The molecule has 14 heavy (non-hydrogen) atoms. The Labute approximate surface area is 94.7 Å². The molecule has 0 bridgehead atoms. The molecule has 3 heteroatoms. The Morgan fingerprint density at radius 3 is 2.21 bits per heavy atom. The van der Waals surface area contributed by atoms with Crippen molar-refractivity contribution in [2.45, 2.75) is 19.8 Å². The number of benzene rings is 1. The molecule has 0 amide bonds. The molecule has 0 saturated carbocycles. The zero-order chi connectivity index (χ0) is 10.6. The summed E-state index contributed by atoms with van der Waals surface area (Å²) < 4.78 is 0. The maximum Gasteiger partial charge on any atom is 0.0462 e. The molecular formula is C11H14Cl2O. The highest BCUT2D eigenvalue weighted by Gasteiger charge is 2.07. The van der Waals surface area contributed by atoms with Crippen LogP contribution in [0, 0.1) is 5.92 Å². The van der Waals surface area contributed by atoms with Gasteiger partial charge in [-0.3, -0.25) is 0 Å². The van der Waals surface area contributed by atoms with Gasteiger partial charge in [0.05, 0.1) is 0 Å². The van der Waals surface area contributed by atoms with Crippen LogP contribution in [0.3, 0.4) is 0 Å². The Kier molecular flexibility index (Phi) is 4.73. The largest absolute Gasteiger partial charge is 0.396 e. The molecule has 0 aromatic heterocycles. The average Bonchev–Trinajstić information content (AvgIpc) is 2.12. The van der Waals surface area contributed by atoms with Gasteiger partial charge in [-0.2, -0.15) is 0 Å². The Morgan fingerprint density at radius 1 is 1.21 bits per heavy atom. The number of hydrogen-bond donors (Lipinski definition) is 1. The maximum atomic E-state index is 9.06. The minimum Gasteiger partial charge on any atom is -0.396 e. The summed E-state index contributed by atoms with van der Waals surface area (Å²) >= 11 is 11.7. The van der Waals surface area contributed by atoms with Crippen LogP contribution in [0.4, 0.5) is 0 Å². The monoisotopic (exact) mass is 232 g/mol. The lowest BCUT2D eigenvalue weighted by Gasteiger charge is -2.11. The van der Waals surface area contributed by atoms with Crippen LogP contribution in [0.2, 0.25) is 10.0 Å². The second kappa shape index (κ2) is 5.59. The molecule has 78 valence electrons. The van der Waals surface area contributed by atoms with Crippen molar-refractivity contribution in [3.05, 3.63) is 33.8 Å². The summed E-state index contributed by atoms with van der Waals surface area (Å²) in [6.07, 6.45) is 1.79. The summed E-state index contributed by atoms with van der Waals surface area (Å²) in [5, 5.41) is 10.4. The first-order chi connectivity index (χ1) is 6.65. The predicted octanol–water partition coefficient (Wildman–Crippen LogP) is 3.55. The van der Waals surface area contributed by atoms with Gasteiger partial charge < -0.3 is 5.11 Å². The van der Waals surface area contributed by atoms with Crippen LogP contribution in [-0.4, -0.2) is 11.7 Å². The SMILES string of the molecule is CCC(CO)Cc1cc(Cl)cc(Cl)c1. The molecule has 1 aromatic carbocycles. The lowest BCUT2D eigenvalue weighted by molar-refractivity contribution is 0.222. The van der Waals surface area contributed by atoms with E-state index in [0.717, 1.165) is 18.4 Å². The predicted molar refractivity (Wildman–Crippen MR) is 61.0 cm³/mol. The zero-order valence-corrected chi connectivity index (χ0v) is 9.65. The van der Waals surface area contributed by atoms with Gasteiger partial charge in [-0.25, -0.2) is 0 Å². The van der Waals surface area contributed by atoms with E-state index < -0.39 is 0 Å². The molecule has 1 rings (SSSR count). The van der Waals surface area contributed by atoms with E-state index in [1.807, 2.05) is 12.1 Å². The van der Waals surface area contributed by atoms with Gasteiger partial charge in [0.1, 0.15) is 0 Å². The van der Waals surface area contributed by atoms with Crippen molar-refractivity contribution in [1.29, 1.82) is 0 Å². The third-order valence-electron chi connectivity index (χ3n) is 2.28. The van der Waals surface area contributed by atoms with Gasteiger partial charge in [0.25, 0.3) is 0 Å². The van der Waals surface area contributed by atoms with Crippen molar-refractivity contribution in [1.82, 2.24) is 0 Å². The topological polar surface area (TPSA) is 20.2 Å². The quantitative estimate of drug-likeness (QED) is 0.843. The number of aliphatic hydroxyl groups excluding tert-OH is 1. The molecule has 0 saturated heterocycles. The van der Waals surface area contributed by atoms with Crippen molar-refractivity contribution in [3.8, 4) is 0 Å². The van der Waals surface area contributed by atoms with Gasteiger partial charge in [-0.15, -0.1) is 0 Å². The Balaban J connectivity index is 2.75. The average molecular weight is 233 g/mol. The lowest BCUT2D eigenvalue weighted by Crippen LogP contribution is -2.08. The molecule has 0 radical (unpaired) electrons. The molecule has 0 fully saturated rings. The van der Waals surface area contributed by atoms with Crippen LogP contribution in [0.5, 0.6) is 0 Å². The van der Waals surface area contributed by atoms with E-state index in [1.165, 1.54) is 0 Å². The first-order valence-electron chi connectivity index (χ1n) is 4.71. The van der Waals surface area contributed by atoms with E-state index >= 15 is 0 Å². The molecule has 1 unspecified atom stereocenters. The van der Waals surface area contributed by atoms with Gasteiger partial charge in [0.2, 0.25) is 0 Å². The van der Waals surface area contributed by atoms with Crippen molar-refractivity contribution < 1.29 is 5.11 Å². The summed E-state index contributed by atoms with van der Waals surface area (Å²) in [6.45, 7) is 2.27. The van der Waals surface area contributed by atoms with E-state index in [4.69, 9.17) is 28.3 Å². The summed E-state index contributed by atoms with van der Waals surface area (Å²) in [7, 11) is 0. The van der Waals surface area contributed by atoms with Crippen molar-refractivity contribution >= 4 is 23.2 Å². The second-order valence-electron chi connectivity index (χ2n) is 3.44. The highest BCUT2D eigenvalue weighted by atomic mass is 35.5. The molecule has 0 aliphatic carbocycles. The highest BCUT2D eigenvalue weighted by Crippen LogP contribution is 2.21. The van der Waals surface area contributed by atoms with Crippen molar-refractivity contribution in [3.63, 3.8) is 0 Å². The van der Waals surface area contributed by atoms with Crippen LogP contribution in [0.25, 0.3) is 0 Å². The van der Waals surface area contributed by atoms with E-state index in [2.05, 4.69) is 6.92 Å². The number of aliphatic hydroxyl groups is 1. The molecule has 1 atom stereocenters. The Bertz CT molecular complexity index is 275. The molecule has 0 spiro atoms. The standard InChI is InChI=1S/C11H14Cl2O/c1-2-8(7-14)3-9-4-10(12)6-11(13)5-9/h4-6,8,14H,2-3,7H2,1H3. The Morgan fingerprint density at radius 2 is 1.79 bits per heavy atom. The van der Waals surface area contributed by atoms with Gasteiger partial charge in [-0.1, -0.05) is 36.5 Å². The lowest BCUT2D eigenvalue weighted by atomic mass is 9.98. The van der Waals surface area contributed by atoms with E-state index in [1.54, 1.807) is 6.07 Å². The van der Waals surface area contributed by atoms with Gasteiger partial charge in [-0.05, 0) is 36.1 Å². The molecule has 0 aliphatic rings. The fourth-order valence-corrected chi connectivity index (χ4v) is 1.97. The second-order valence-corrected chi connectivity index (χ2v) is 4.31. The fraction of sp³-hybridized carbons (Fsp3) is 0.455. The van der Waals surface area contributed by atoms with E-state index in [-0.39, 0.29) is 6.61 Å². The molecule has 0 heterocycles. The maximum absolute atomic E-state index is 9.06. The molecular weight excluding hydrogens is 219 g/mol. The Hall–Kier alpha value is -0.240. The highest BCUT2D eigenvalue weighted by molar-refractivity contribution is 6.34. The summed E-state index contributed by atoms with van der Waals surface area (Å²) in [5.74, 6) is 0.296. The summed E-state index contributed by atoms with van der Waals surface area (Å²) in [4.78, 5) is 0.